The fourth-order valence-electron chi connectivity index (χ4n) is 3.71. The standard InChI is InChI=1S/C20H22N6O2/c27-16-6-8-24(9-7-16)18-21-19(25-11-13-28-14-12-25)23-20(22-18)26-10-5-15-3-1-2-4-17(15)26/h1-5,10H,6-9,11-14H2. The smallest absolute Gasteiger partial charge is 0.240 e. The summed E-state index contributed by atoms with van der Waals surface area (Å²) in [5.74, 6) is 2.20. The fraction of sp³-hybridized carbons (Fsp3) is 0.400. The monoisotopic (exact) mass is 378 g/mol. The van der Waals surface area contributed by atoms with Crippen molar-refractivity contribution < 1.29 is 9.53 Å². The Balaban J connectivity index is 1.59. The van der Waals surface area contributed by atoms with Crippen molar-refractivity contribution in [3.8, 4) is 5.95 Å². The van der Waals surface area contributed by atoms with Crippen LogP contribution in [0.2, 0.25) is 0 Å². The highest BCUT2D eigenvalue weighted by molar-refractivity contribution is 5.82. The van der Waals surface area contributed by atoms with E-state index in [1.165, 1.54) is 0 Å². The Morgan fingerprint density at radius 1 is 0.786 bits per heavy atom. The number of rotatable bonds is 3. The molecule has 2 saturated heterocycles. The van der Waals surface area contributed by atoms with E-state index in [2.05, 4.69) is 28.0 Å². The summed E-state index contributed by atoms with van der Waals surface area (Å²) in [5.41, 5.74) is 1.06. The summed E-state index contributed by atoms with van der Waals surface area (Å²) < 4.78 is 7.47. The number of hydrogen-bond acceptors (Lipinski definition) is 7. The molecule has 0 aliphatic carbocycles. The third kappa shape index (κ3) is 3.20. The van der Waals surface area contributed by atoms with E-state index in [9.17, 15) is 4.79 Å². The molecule has 3 aromatic rings. The van der Waals surface area contributed by atoms with Crippen molar-refractivity contribution in [3.05, 3.63) is 36.5 Å². The minimum Gasteiger partial charge on any atom is -0.378 e. The predicted molar refractivity (Wildman–Crippen MR) is 106 cm³/mol. The van der Waals surface area contributed by atoms with Crippen molar-refractivity contribution in [2.24, 2.45) is 0 Å². The van der Waals surface area contributed by atoms with E-state index in [0.717, 1.165) is 24.0 Å². The first-order chi connectivity index (χ1) is 13.8. The molecule has 0 spiro atoms. The number of hydrogen-bond donors (Lipinski definition) is 0. The molecule has 28 heavy (non-hydrogen) atoms. The largest absolute Gasteiger partial charge is 0.378 e. The van der Waals surface area contributed by atoms with Gasteiger partial charge in [-0.05, 0) is 12.1 Å². The molecule has 0 unspecified atom stereocenters. The molecule has 0 bridgehead atoms. The quantitative estimate of drug-likeness (QED) is 0.688. The number of ketones is 1. The predicted octanol–water partition coefficient (Wildman–Crippen LogP) is 1.82. The summed E-state index contributed by atoms with van der Waals surface area (Å²) >= 11 is 0. The van der Waals surface area contributed by atoms with E-state index in [4.69, 9.17) is 19.7 Å². The van der Waals surface area contributed by atoms with Gasteiger partial charge < -0.3 is 14.5 Å². The van der Waals surface area contributed by atoms with E-state index in [-0.39, 0.29) is 0 Å². The maximum atomic E-state index is 11.6. The van der Waals surface area contributed by atoms with Gasteiger partial charge in [0.05, 0.1) is 18.7 Å². The summed E-state index contributed by atoms with van der Waals surface area (Å²) in [5, 5.41) is 1.14. The Morgan fingerprint density at radius 3 is 2.18 bits per heavy atom. The van der Waals surface area contributed by atoms with Gasteiger partial charge in [-0.2, -0.15) is 15.0 Å². The Hall–Kier alpha value is -3.00. The number of fused-ring (bicyclic) bond motifs is 1. The second-order valence-corrected chi connectivity index (χ2v) is 7.11. The molecule has 8 heteroatoms. The molecule has 0 amide bonds. The van der Waals surface area contributed by atoms with Crippen molar-refractivity contribution in [2.75, 3.05) is 49.2 Å². The fourth-order valence-corrected chi connectivity index (χ4v) is 3.71. The van der Waals surface area contributed by atoms with Crippen LogP contribution in [-0.2, 0) is 9.53 Å². The number of piperidine rings is 1. The lowest BCUT2D eigenvalue weighted by Crippen LogP contribution is -2.39. The Morgan fingerprint density at radius 2 is 1.43 bits per heavy atom. The molecule has 2 aliphatic rings. The molecule has 0 radical (unpaired) electrons. The van der Waals surface area contributed by atoms with Crippen molar-refractivity contribution in [3.63, 3.8) is 0 Å². The molecule has 8 nitrogen and oxygen atoms in total. The highest BCUT2D eigenvalue weighted by Gasteiger charge is 2.23. The van der Waals surface area contributed by atoms with Gasteiger partial charge in [0.1, 0.15) is 5.78 Å². The van der Waals surface area contributed by atoms with E-state index in [0.29, 0.717) is 62.8 Å². The number of Topliss-reactive ketones (excluding diaryl/α,β-unsaturated/α-hetero) is 1. The van der Waals surface area contributed by atoms with Gasteiger partial charge in [-0.3, -0.25) is 9.36 Å². The molecule has 0 atom stereocenters. The van der Waals surface area contributed by atoms with Crippen LogP contribution < -0.4 is 9.80 Å². The molecule has 2 aliphatic heterocycles. The topological polar surface area (TPSA) is 76.4 Å². The van der Waals surface area contributed by atoms with Crippen molar-refractivity contribution in [2.45, 2.75) is 12.8 Å². The van der Waals surface area contributed by atoms with Crippen LogP contribution in [0.3, 0.4) is 0 Å². The molecule has 5 rings (SSSR count). The van der Waals surface area contributed by atoms with Gasteiger partial charge in [-0.15, -0.1) is 0 Å². The number of nitrogens with zero attached hydrogens (tertiary/aromatic N) is 6. The van der Waals surface area contributed by atoms with E-state index in [1.807, 2.05) is 22.9 Å². The van der Waals surface area contributed by atoms with E-state index < -0.39 is 0 Å². The van der Waals surface area contributed by atoms with Crippen LogP contribution in [0, 0.1) is 0 Å². The van der Waals surface area contributed by atoms with Crippen molar-refractivity contribution in [1.29, 1.82) is 0 Å². The first-order valence-corrected chi connectivity index (χ1v) is 9.70. The average Bonchev–Trinajstić information content (AvgIpc) is 3.19. The number of morpholine rings is 1. The van der Waals surface area contributed by atoms with Crippen LogP contribution >= 0.6 is 0 Å². The normalized spacial score (nSPS) is 18.1. The molecule has 2 aromatic heterocycles. The number of ether oxygens (including phenoxy) is 1. The zero-order chi connectivity index (χ0) is 18.9. The summed E-state index contributed by atoms with van der Waals surface area (Å²) in [7, 11) is 0. The van der Waals surface area contributed by atoms with Crippen LogP contribution in [0.15, 0.2) is 36.5 Å². The van der Waals surface area contributed by atoms with Gasteiger partial charge in [0, 0.05) is 50.6 Å². The van der Waals surface area contributed by atoms with Crippen molar-refractivity contribution in [1.82, 2.24) is 19.5 Å². The first-order valence-electron chi connectivity index (χ1n) is 9.70. The van der Waals surface area contributed by atoms with Gasteiger partial charge in [-0.1, -0.05) is 18.2 Å². The second kappa shape index (κ2) is 7.20. The van der Waals surface area contributed by atoms with Crippen LogP contribution in [-0.4, -0.2) is 64.7 Å². The lowest BCUT2D eigenvalue weighted by atomic mass is 10.1. The highest BCUT2D eigenvalue weighted by Crippen LogP contribution is 2.23. The lowest BCUT2D eigenvalue weighted by Gasteiger charge is -2.30. The minimum atomic E-state index is 0.301. The Kier molecular flexibility index (Phi) is 4.40. The summed E-state index contributed by atoms with van der Waals surface area (Å²) in [6, 6.07) is 10.2. The van der Waals surface area contributed by atoms with Crippen LogP contribution in [0.1, 0.15) is 12.8 Å². The van der Waals surface area contributed by atoms with Gasteiger partial charge >= 0.3 is 0 Å². The van der Waals surface area contributed by atoms with Crippen LogP contribution in [0.5, 0.6) is 0 Å². The Labute approximate surface area is 162 Å². The second-order valence-electron chi connectivity index (χ2n) is 7.11. The zero-order valence-corrected chi connectivity index (χ0v) is 15.6. The third-order valence-corrected chi connectivity index (χ3v) is 5.31. The molecular weight excluding hydrogens is 356 g/mol. The first kappa shape index (κ1) is 17.1. The number of aromatic nitrogens is 4. The molecule has 0 N–H and O–H groups in total. The number of carbonyl (C=O) groups is 1. The van der Waals surface area contributed by atoms with Crippen molar-refractivity contribution >= 4 is 28.6 Å². The maximum absolute atomic E-state index is 11.6. The lowest BCUT2D eigenvalue weighted by molar-refractivity contribution is -0.119. The molecule has 4 heterocycles. The Bertz CT molecular complexity index is 1000. The molecule has 0 saturated carbocycles. The summed E-state index contributed by atoms with van der Waals surface area (Å²) in [6.07, 6.45) is 3.08. The molecule has 1 aromatic carbocycles. The molecular formula is C20H22N6O2. The number of anilines is 2. The molecule has 144 valence electrons. The highest BCUT2D eigenvalue weighted by atomic mass is 16.5. The van der Waals surface area contributed by atoms with Gasteiger partial charge in [0.25, 0.3) is 0 Å². The number of benzene rings is 1. The maximum Gasteiger partial charge on any atom is 0.240 e. The summed E-state index contributed by atoms with van der Waals surface area (Å²) in [6.45, 7) is 4.15. The average molecular weight is 378 g/mol. The van der Waals surface area contributed by atoms with E-state index in [1.54, 1.807) is 0 Å². The third-order valence-electron chi connectivity index (χ3n) is 5.31. The van der Waals surface area contributed by atoms with Crippen LogP contribution in [0.25, 0.3) is 16.9 Å². The van der Waals surface area contributed by atoms with Gasteiger partial charge in [0.15, 0.2) is 0 Å². The molecule has 2 fully saturated rings. The minimum absolute atomic E-state index is 0.301. The van der Waals surface area contributed by atoms with E-state index >= 15 is 0 Å². The summed E-state index contributed by atoms with van der Waals surface area (Å²) in [4.78, 5) is 30.2. The zero-order valence-electron chi connectivity index (χ0n) is 15.6. The number of para-hydroxylation sites is 1. The van der Waals surface area contributed by atoms with Gasteiger partial charge in [-0.25, -0.2) is 0 Å². The number of carbonyl (C=O) groups excluding carboxylic acids is 1. The SMILES string of the molecule is O=C1CCN(c2nc(N3CCOCC3)nc(-n3ccc4ccccc43)n2)CC1. The van der Waals surface area contributed by atoms with Crippen LogP contribution in [0.4, 0.5) is 11.9 Å². The van der Waals surface area contributed by atoms with Gasteiger partial charge in [0.2, 0.25) is 17.8 Å².